The van der Waals surface area contributed by atoms with Gasteiger partial charge in [-0.2, -0.15) is 0 Å². The molecule has 29 heavy (non-hydrogen) atoms. The minimum absolute atomic E-state index is 0.00365. The lowest BCUT2D eigenvalue weighted by atomic mass is 9.92. The first-order valence-corrected chi connectivity index (χ1v) is 9.98. The first-order chi connectivity index (χ1) is 13.8. The Hall–Kier alpha value is -2.57. The van der Waals surface area contributed by atoms with Crippen LogP contribution in [0.4, 0.5) is 0 Å². The predicted molar refractivity (Wildman–Crippen MR) is 106 cm³/mol. The van der Waals surface area contributed by atoms with Gasteiger partial charge in [0.15, 0.2) is 5.78 Å². The zero-order valence-corrected chi connectivity index (χ0v) is 17.6. The quantitative estimate of drug-likeness (QED) is 0.433. The second kappa shape index (κ2) is 10.8. The number of benzene rings is 1. The highest BCUT2D eigenvalue weighted by Gasteiger charge is 2.30. The zero-order chi connectivity index (χ0) is 21.4. The van der Waals surface area contributed by atoms with Crippen molar-refractivity contribution in [1.82, 2.24) is 0 Å². The fourth-order valence-corrected chi connectivity index (χ4v) is 3.55. The third-order valence-electron chi connectivity index (χ3n) is 4.94. The van der Waals surface area contributed by atoms with Crippen molar-refractivity contribution in [2.75, 3.05) is 14.2 Å². The van der Waals surface area contributed by atoms with E-state index in [1.807, 2.05) is 6.92 Å². The summed E-state index contributed by atoms with van der Waals surface area (Å²) in [6, 6.07) is 3.38. The largest absolute Gasteiger partial charge is 0.497 e. The molecular weight excluding hydrogens is 376 g/mol. The first kappa shape index (κ1) is 22.7. The Bertz CT molecular complexity index is 741. The molecule has 1 aliphatic heterocycles. The molecule has 7 nitrogen and oxygen atoms in total. The highest BCUT2D eigenvalue weighted by atomic mass is 16.5. The Morgan fingerprint density at radius 2 is 1.97 bits per heavy atom. The maximum Gasteiger partial charge on any atom is 0.310 e. The van der Waals surface area contributed by atoms with Crippen LogP contribution in [0.15, 0.2) is 12.1 Å². The second-order valence-corrected chi connectivity index (χ2v) is 7.34. The molecule has 160 valence electrons. The van der Waals surface area contributed by atoms with Gasteiger partial charge in [0.25, 0.3) is 0 Å². The van der Waals surface area contributed by atoms with E-state index in [9.17, 15) is 14.4 Å². The van der Waals surface area contributed by atoms with Gasteiger partial charge in [0.1, 0.15) is 17.6 Å². The average molecular weight is 406 g/mol. The molecule has 0 N–H and O–H groups in total. The van der Waals surface area contributed by atoms with Crippen LogP contribution in [0, 0.1) is 0 Å². The molecule has 0 saturated heterocycles. The summed E-state index contributed by atoms with van der Waals surface area (Å²) in [5, 5.41) is 0. The van der Waals surface area contributed by atoms with E-state index in [0.717, 1.165) is 32.1 Å². The highest BCUT2D eigenvalue weighted by Crippen LogP contribution is 2.36. The van der Waals surface area contributed by atoms with Crippen LogP contribution in [0.5, 0.6) is 11.5 Å². The van der Waals surface area contributed by atoms with Crippen molar-refractivity contribution in [2.24, 2.45) is 0 Å². The molecule has 0 aromatic heterocycles. The van der Waals surface area contributed by atoms with Crippen LogP contribution in [0.25, 0.3) is 0 Å². The minimum Gasteiger partial charge on any atom is -0.497 e. The van der Waals surface area contributed by atoms with E-state index in [2.05, 4.69) is 0 Å². The fourth-order valence-electron chi connectivity index (χ4n) is 3.55. The van der Waals surface area contributed by atoms with Gasteiger partial charge >= 0.3 is 11.9 Å². The van der Waals surface area contributed by atoms with Crippen LogP contribution in [-0.4, -0.2) is 44.1 Å². The molecule has 1 unspecified atom stereocenters. The van der Waals surface area contributed by atoms with Crippen molar-refractivity contribution in [3.05, 3.63) is 23.3 Å². The highest BCUT2D eigenvalue weighted by molar-refractivity contribution is 6.02. The lowest BCUT2D eigenvalue weighted by Crippen LogP contribution is -2.28. The van der Waals surface area contributed by atoms with Gasteiger partial charge in [-0.05, 0) is 44.2 Å². The number of Topliss-reactive ketones (excluding diaryl/α,β-unsaturated/α-hetero) is 1. The Balaban J connectivity index is 1.94. The topological polar surface area (TPSA) is 88.1 Å². The number of esters is 2. The number of fused-ring (bicyclic) bond motifs is 1. The molecule has 2 rings (SSSR count). The average Bonchev–Trinajstić information content (AvgIpc) is 2.66. The number of ketones is 1. The molecule has 0 spiro atoms. The summed E-state index contributed by atoms with van der Waals surface area (Å²) >= 11 is 0. The van der Waals surface area contributed by atoms with Gasteiger partial charge in [-0.15, -0.1) is 0 Å². The van der Waals surface area contributed by atoms with E-state index in [1.54, 1.807) is 12.1 Å². The van der Waals surface area contributed by atoms with Crippen molar-refractivity contribution in [3.63, 3.8) is 0 Å². The van der Waals surface area contributed by atoms with Crippen LogP contribution >= 0.6 is 0 Å². The third kappa shape index (κ3) is 6.76. The molecule has 1 aliphatic rings. The van der Waals surface area contributed by atoms with E-state index in [1.165, 1.54) is 21.1 Å². The lowest BCUT2D eigenvalue weighted by Gasteiger charge is -2.27. The Morgan fingerprint density at radius 1 is 1.21 bits per heavy atom. The van der Waals surface area contributed by atoms with Crippen molar-refractivity contribution in [2.45, 2.75) is 71.0 Å². The third-order valence-corrected chi connectivity index (χ3v) is 4.94. The molecule has 0 aliphatic carbocycles. The Morgan fingerprint density at radius 3 is 2.62 bits per heavy atom. The summed E-state index contributed by atoms with van der Waals surface area (Å²) in [6.07, 6.45) is 4.43. The molecule has 0 bridgehead atoms. The van der Waals surface area contributed by atoms with Crippen molar-refractivity contribution in [1.29, 1.82) is 0 Å². The van der Waals surface area contributed by atoms with Gasteiger partial charge < -0.3 is 18.9 Å². The van der Waals surface area contributed by atoms with Crippen LogP contribution in [0.1, 0.15) is 68.3 Å². The number of hydrogen-bond donors (Lipinski definition) is 0. The molecule has 7 heteroatoms. The van der Waals surface area contributed by atoms with Gasteiger partial charge in [0.05, 0.1) is 32.3 Å². The number of carbonyl (C=O) groups excluding carboxylic acids is 3. The molecule has 0 fully saturated rings. The maximum absolute atomic E-state index is 12.7. The molecule has 0 saturated carbocycles. The monoisotopic (exact) mass is 406 g/mol. The molecule has 1 heterocycles. The van der Waals surface area contributed by atoms with E-state index >= 15 is 0 Å². The normalized spacial score (nSPS) is 16.4. The summed E-state index contributed by atoms with van der Waals surface area (Å²) < 4.78 is 21.2. The van der Waals surface area contributed by atoms with Crippen LogP contribution < -0.4 is 9.47 Å². The molecule has 2 atom stereocenters. The SMILES string of the molecule is COC(=O)Cc1cc(OC)cc2c1C(=O)CC(CCCCC[C@@H](C)OC(C)=O)O2. The number of unbranched alkanes of at least 4 members (excludes halogenated alkanes) is 2. The minimum atomic E-state index is -0.418. The Kier molecular flexibility index (Phi) is 8.49. The Labute approximate surface area is 171 Å². The summed E-state index contributed by atoms with van der Waals surface area (Å²) in [5.41, 5.74) is 1.01. The van der Waals surface area contributed by atoms with Gasteiger partial charge in [-0.3, -0.25) is 14.4 Å². The van der Waals surface area contributed by atoms with Gasteiger partial charge in [-0.1, -0.05) is 6.42 Å². The number of ether oxygens (including phenoxy) is 4. The molecule has 0 amide bonds. The number of rotatable bonds is 10. The van der Waals surface area contributed by atoms with Crippen LogP contribution in [0.3, 0.4) is 0 Å². The maximum atomic E-state index is 12.7. The molecule has 1 aromatic carbocycles. The number of carbonyl (C=O) groups is 3. The van der Waals surface area contributed by atoms with Crippen molar-refractivity contribution < 1.29 is 33.3 Å². The van der Waals surface area contributed by atoms with Crippen LogP contribution in [0.2, 0.25) is 0 Å². The standard InChI is InChI=1S/C22H30O7/c1-14(28-15(2)23)8-6-5-7-9-17-12-19(24)22-16(11-21(25)27-4)10-18(26-3)13-20(22)29-17/h10,13-14,17H,5-9,11-12H2,1-4H3/t14-,17?/m1/s1. The smallest absolute Gasteiger partial charge is 0.310 e. The molecular formula is C22H30O7. The van der Waals surface area contributed by atoms with Gasteiger partial charge in [0, 0.05) is 19.4 Å². The first-order valence-electron chi connectivity index (χ1n) is 9.98. The van der Waals surface area contributed by atoms with E-state index in [0.29, 0.717) is 22.6 Å². The molecule has 1 aromatic rings. The summed E-state index contributed by atoms with van der Waals surface area (Å²) in [6.45, 7) is 3.30. The van der Waals surface area contributed by atoms with E-state index in [-0.39, 0.29) is 36.8 Å². The summed E-state index contributed by atoms with van der Waals surface area (Å²) in [4.78, 5) is 35.4. The van der Waals surface area contributed by atoms with E-state index < -0.39 is 5.97 Å². The van der Waals surface area contributed by atoms with Gasteiger partial charge in [0.2, 0.25) is 0 Å². The van der Waals surface area contributed by atoms with Crippen LogP contribution in [-0.2, 0) is 25.5 Å². The second-order valence-electron chi connectivity index (χ2n) is 7.34. The van der Waals surface area contributed by atoms with Crippen molar-refractivity contribution in [3.8, 4) is 11.5 Å². The number of hydrogen-bond acceptors (Lipinski definition) is 7. The number of methoxy groups -OCH3 is 2. The fraction of sp³-hybridized carbons (Fsp3) is 0.591. The lowest BCUT2D eigenvalue weighted by molar-refractivity contribution is -0.145. The van der Waals surface area contributed by atoms with E-state index in [4.69, 9.17) is 18.9 Å². The summed E-state index contributed by atoms with van der Waals surface area (Å²) in [5.74, 6) is 0.301. The van der Waals surface area contributed by atoms with Crippen molar-refractivity contribution >= 4 is 17.7 Å². The predicted octanol–water partition coefficient (Wildman–Crippen LogP) is 3.65. The summed E-state index contributed by atoms with van der Waals surface area (Å²) in [7, 11) is 2.85. The zero-order valence-electron chi connectivity index (χ0n) is 17.6. The molecule has 0 radical (unpaired) electrons. The van der Waals surface area contributed by atoms with Gasteiger partial charge in [-0.25, -0.2) is 0 Å².